The minimum Gasteiger partial charge on any atom is -0.477 e. The van der Waals surface area contributed by atoms with Crippen LogP contribution in [0.4, 0.5) is 5.69 Å². The number of carbonyl (C=O) groups is 1. The van der Waals surface area contributed by atoms with E-state index in [1.54, 1.807) is 18.3 Å². The van der Waals surface area contributed by atoms with Crippen molar-refractivity contribution >= 4 is 27.6 Å². The molecular weight excluding hydrogens is 300 g/mol. The van der Waals surface area contributed by atoms with Crippen LogP contribution < -0.4 is 5.73 Å². The van der Waals surface area contributed by atoms with Crippen molar-refractivity contribution in [3.63, 3.8) is 0 Å². The fourth-order valence-electron chi connectivity index (χ4n) is 1.60. The molecule has 0 aromatic carbocycles. The lowest BCUT2D eigenvalue weighted by atomic mass is 10.2. The summed E-state index contributed by atoms with van der Waals surface area (Å²) in [6.07, 6.45) is 2.18. The summed E-state index contributed by atoms with van der Waals surface area (Å²) in [5.41, 5.74) is 7.24. The van der Waals surface area contributed by atoms with E-state index in [4.69, 9.17) is 10.8 Å². The molecule has 0 bridgehead atoms. The van der Waals surface area contributed by atoms with Gasteiger partial charge in [0.2, 0.25) is 0 Å². The first kappa shape index (κ1) is 12.6. The lowest BCUT2D eigenvalue weighted by Gasteiger charge is -2.06. The molecule has 2 heterocycles. The summed E-state index contributed by atoms with van der Waals surface area (Å²) in [5, 5.41) is 13.1. The molecule has 0 amide bonds. The predicted octanol–water partition coefficient (Wildman–Crippen LogP) is 1.56. The Morgan fingerprint density at radius 3 is 3.00 bits per heavy atom. The molecule has 0 aliphatic carbocycles. The predicted molar refractivity (Wildman–Crippen MR) is 69.2 cm³/mol. The fraction of sp³-hybridized carbons (Fsp3) is 0.182. The molecule has 0 unspecified atom stereocenters. The van der Waals surface area contributed by atoms with Crippen molar-refractivity contribution in [1.82, 2.24) is 14.8 Å². The zero-order valence-corrected chi connectivity index (χ0v) is 11.0. The van der Waals surface area contributed by atoms with Gasteiger partial charge in [0.25, 0.3) is 0 Å². The highest BCUT2D eigenvalue weighted by Crippen LogP contribution is 2.13. The van der Waals surface area contributed by atoms with Crippen molar-refractivity contribution in [1.29, 1.82) is 0 Å². The standard InChI is InChI=1S/C11H11BrN4O2/c12-10-6-9(11(17)18)16(15-10)5-3-8-7(13)2-1-4-14-8/h1-2,4,6H,3,5,13H2,(H,17,18). The van der Waals surface area contributed by atoms with Crippen LogP contribution in [-0.4, -0.2) is 25.8 Å². The lowest BCUT2D eigenvalue weighted by Crippen LogP contribution is -2.12. The Morgan fingerprint density at radius 2 is 2.33 bits per heavy atom. The van der Waals surface area contributed by atoms with Crippen LogP contribution in [0.2, 0.25) is 0 Å². The maximum atomic E-state index is 11.0. The summed E-state index contributed by atoms with van der Waals surface area (Å²) in [6, 6.07) is 4.98. The number of nitrogen functional groups attached to an aromatic ring is 1. The monoisotopic (exact) mass is 310 g/mol. The van der Waals surface area contributed by atoms with Crippen LogP contribution >= 0.6 is 15.9 Å². The number of hydrogen-bond donors (Lipinski definition) is 2. The van der Waals surface area contributed by atoms with Crippen molar-refractivity contribution in [2.75, 3.05) is 5.73 Å². The summed E-state index contributed by atoms with van der Waals surface area (Å²) >= 11 is 3.16. The van der Waals surface area contributed by atoms with Gasteiger partial charge in [-0.05, 0) is 28.1 Å². The Morgan fingerprint density at radius 1 is 1.56 bits per heavy atom. The molecule has 3 N–H and O–H groups in total. The van der Waals surface area contributed by atoms with Gasteiger partial charge in [0.1, 0.15) is 10.3 Å². The van der Waals surface area contributed by atoms with Crippen LogP contribution in [0.5, 0.6) is 0 Å². The first-order valence-corrected chi connectivity index (χ1v) is 6.03. The highest BCUT2D eigenvalue weighted by molar-refractivity contribution is 9.10. The van der Waals surface area contributed by atoms with E-state index in [0.717, 1.165) is 5.69 Å². The Balaban J connectivity index is 2.16. The Bertz CT molecular complexity index is 582. The molecule has 94 valence electrons. The average Bonchev–Trinajstić information content (AvgIpc) is 2.70. The van der Waals surface area contributed by atoms with Gasteiger partial charge in [-0.3, -0.25) is 9.67 Å². The Kier molecular flexibility index (Phi) is 3.61. The zero-order valence-electron chi connectivity index (χ0n) is 9.38. The number of anilines is 1. The van der Waals surface area contributed by atoms with E-state index < -0.39 is 5.97 Å². The van der Waals surface area contributed by atoms with E-state index in [1.165, 1.54) is 10.7 Å². The van der Waals surface area contributed by atoms with Gasteiger partial charge in [0, 0.05) is 25.2 Å². The molecule has 2 aromatic rings. The van der Waals surface area contributed by atoms with Gasteiger partial charge in [-0.15, -0.1) is 0 Å². The summed E-state index contributed by atoms with van der Waals surface area (Å²) in [7, 11) is 0. The number of nitrogens with two attached hydrogens (primary N) is 1. The number of hydrogen-bond acceptors (Lipinski definition) is 4. The van der Waals surface area contributed by atoms with Gasteiger partial charge < -0.3 is 10.8 Å². The van der Waals surface area contributed by atoms with Gasteiger partial charge in [0.15, 0.2) is 0 Å². The molecule has 2 rings (SSSR count). The van der Waals surface area contributed by atoms with Crippen LogP contribution in [0.1, 0.15) is 16.2 Å². The molecule has 0 fully saturated rings. The first-order chi connectivity index (χ1) is 8.58. The van der Waals surface area contributed by atoms with Gasteiger partial charge >= 0.3 is 5.97 Å². The minimum atomic E-state index is -1.01. The quantitative estimate of drug-likeness (QED) is 0.893. The van der Waals surface area contributed by atoms with Gasteiger partial charge in [-0.2, -0.15) is 5.10 Å². The number of nitrogens with zero attached hydrogens (tertiary/aromatic N) is 3. The molecule has 0 radical (unpaired) electrons. The van der Waals surface area contributed by atoms with Gasteiger partial charge in [-0.1, -0.05) is 0 Å². The molecule has 18 heavy (non-hydrogen) atoms. The smallest absolute Gasteiger partial charge is 0.354 e. The highest BCUT2D eigenvalue weighted by atomic mass is 79.9. The topological polar surface area (TPSA) is 94.0 Å². The van der Waals surface area contributed by atoms with Crippen molar-refractivity contribution in [2.24, 2.45) is 0 Å². The van der Waals surface area contributed by atoms with E-state index in [1.807, 2.05) is 0 Å². The third-order valence-electron chi connectivity index (χ3n) is 2.46. The van der Waals surface area contributed by atoms with Gasteiger partial charge in [0.05, 0.1) is 11.4 Å². The molecule has 0 saturated carbocycles. The van der Waals surface area contributed by atoms with Crippen LogP contribution in [0.3, 0.4) is 0 Å². The molecule has 0 saturated heterocycles. The zero-order chi connectivity index (χ0) is 13.1. The van der Waals surface area contributed by atoms with Crippen LogP contribution in [0.25, 0.3) is 0 Å². The number of rotatable bonds is 4. The lowest BCUT2D eigenvalue weighted by molar-refractivity contribution is 0.0683. The van der Waals surface area contributed by atoms with Crippen molar-refractivity contribution < 1.29 is 9.90 Å². The third-order valence-corrected chi connectivity index (χ3v) is 2.84. The summed E-state index contributed by atoms with van der Waals surface area (Å²) in [6.45, 7) is 0.411. The van der Waals surface area contributed by atoms with E-state index in [0.29, 0.717) is 23.3 Å². The normalized spacial score (nSPS) is 10.5. The molecule has 0 atom stereocenters. The number of aromatic carboxylic acids is 1. The van der Waals surface area contributed by atoms with Crippen LogP contribution in [-0.2, 0) is 13.0 Å². The maximum Gasteiger partial charge on any atom is 0.354 e. The maximum absolute atomic E-state index is 11.0. The number of aryl methyl sites for hydroxylation is 2. The largest absolute Gasteiger partial charge is 0.477 e. The molecular formula is C11H11BrN4O2. The number of carboxylic acid groups (broad SMARTS) is 1. The summed E-state index contributed by atoms with van der Waals surface area (Å²) in [5.74, 6) is -1.01. The molecule has 6 nitrogen and oxygen atoms in total. The van der Waals surface area contributed by atoms with Crippen LogP contribution in [0, 0.1) is 0 Å². The van der Waals surface area contributed by atoms with Gasteiger partial charge in [-0.25, -0.2) is 4.79 Å². The van der Waals surface area contributed by atoms with Crippen LogP contribution in [0.15, 0.2) is 29.0 Å². The number of halogens is 1. The van der Waals surface area contributed by atoms with E-state index in [-0.39, 0.29) is 5.69 Å². The molecule has 0 spiro atoms. The number of aromatic nitrogens is 3. The summed E-state index contributed by atoms with van der Waals surface area (Å²) in [4.78, 5) is 15.1. The number of carboxylic acids is 1. The average molecular weight is 311 g/mol. The second kappa shape index (κ2) is 5.18. The molecule has 2 aromatic heterocycles. The molecule has 0 aliphatic heterocycles. The Labute approximate surface area is 112 Å². The van der Waals surface area contributed by atoms with E-state index in [2.05, 4.69) is 26.0 Å². The third kappa shape index (κ3) is 2.67. The van der Waals surface area contributed by atoms with E-state index in [9.17, 15) is 4.79 Å². The van der Waals surface area contributed by atoms with Crippen molar-refractivity contribution in [2.45, 2.75) is 13.0 Å². The van der Waals surface area contributed by atoms with Crippen molar-refractivity contribution in [3.05, 3.63) is 40.4 Å². The SMILES string of the molecule is Nc1cccnc1CCn1nc(Br)cc1C(=O)O. The molecule has 7 heteroatoms. The van der Waals surface area contributed by atoms with E-state index >= 15 is 0 Å². The minimum absolute atomic E-state index is 0.136. The molecule has 0 aliphatic rings. The highest BCUT2D eigenvalue weighted by Gasteiger charge is 2.13. The fourth-order valence-corrected chi connectivity index (χ4v) is 2.01. The second-order valence-electron chi connectivity index (χ2n) is 3.67. The first-order valence-electron chi connectivity index (χ1n) is 5.24. The van der Waals surface area contributed by atoms with Crippen molar-refractivity contribution in [3.8, 4) is 0 Å². The second-order valence-corrected chi connectivity index (χ2v) is 4.48. The Hall–Kier alpha value is -1.89. The number of pyridine rings is 1. The summed E-state index contributed by atoms with van der Waals surface area (Å²) < 4.78 is 1.91.